The van der Waals surface area contributed by atoms with Gasteiger partial charge < -0.3 is 15.5 Å². The van der Waals surface area contributed by atoms with Gasteiger partial charge in [-0.2, -0.15) is 0 Å². The summed E-state index contributed by atoms with van der Waals surface area (Å²) in [6.45, 7) is 0.666. The maximum Gasteiger partial charge on any atom is 0.342 e. The number of rotatable bonds is 7. The minimum atomic E-state index is -1.33. The molecule has 0 amide bonds. The molecule has 0 heterocycles. The number of aromatic carboxylic acids is 1. The molecule has 1 aromatic rings. The van der Waals surface area contributed by atoms with Crippen LogP contribution in [-0.2, 0) is 0 Å². The summed E-state index contributed by atoms with van der Waals surface area (Å²) in [6, 6.07) is 3.86. The molecule has 0 spiro atoms. The van der Waals surface area contributed by atoms with Crippen LogP contribution in [0.4, 0.5) is 11.4 Å². The lowest BCUT2D eigenvalue weighted by atomic mass is 10.1. The average molecular weight is 254 g/mol. The fourth-order valence-corrected chi connectivity index (χ4v) is 1.45. The highest BCUT2D eigenvalue weighted by atomic mass is 16.6. The van der Waals surface area contributed by atoms with E-state index in [1.165, 1.54) is 12.1 Å². The van der Waals surface area contributed by atoms with Crippen molar-refractivity contribution in [2.45, 2.75) is 12.8 Å². The molecule has 0 aliphatic rings. The van der Waals surface area contributed by atoms with E-state index in [0.717, 1.165) is 12.5 Å². The zero-order chi connectivity index (χ0) is 13.5. The summed E-state index contributed by atoms with van der Waals surface area (Å²) < 4.78 is 0. The van der Waals surface area contributed by atoms with E-state index < -0.39 is 16.6 Å². The van der Waals surface area contributed by atoms with Gasteiger partial charge in [-0.25, -0.2) is 4.79 Å². The average Bonchev–Trinajstić information content (AvgIpc) is 2.34. The first-order chi connectivity index (χ1) is 8.56. The normalized spacial score (nSPS) is 10.1. The molecule has 7 nitrogen and oxygen atoms in total. The molecule has 18 heavy (non-hydrogen) atoms. The number of benzene rings is 1. The number of nitrogens with zero attached hydrogens (tertiary/aromatic N) is 1. The van der Waals surface area contributed by atoms with E-state index in [1.54, 1.807) is 0 Å². The molecule has 98 valence electrons. The molecular weight excluding hydrogens is 240 g/mol. The fraction of sp³-hybridized carbons (Fsp3) is 0.364. The Balaban J connectivity index is 2.80. The third-order valence-corrected chi connectivity index (χ3v) is 2.34. The Morgan fingerprint density at radius 1 is 1.39 bits per heavy atom. The lowest BCUT2D eigenvalue weighted by Gasteiger charge is -2.06. The van der Waals surface area contributed by atoms with Crippen molar-refractivity contribution in [3.05, 3.63) is 33.9 Å². The first kappa shape index (κ1) is 13.9. The summed E-state index contributed by atoms with van der Waals surface area (Å²) in [7, 11) is 0. The van der Waals surface area contributed by atoms with Gasteiger partial charge in [-0.1, -0.05) is 0 Å². The molecular formula is C11H14N2O5. The second-order valence-corrected chi connectivity index (χ2v) is 3.65. The van der Waals surface area contributed by atoms with Crippen LogP contribution in [0.2, 0.25) is 0 Å². The van der Waals surface area contributed by atoms with Gasteiger partial charge >= 0.3 is 5.97 Å². The number of nitrogens with one attached hydrogen (secondary N) is 1. The first-order valence-corrected chi connectivity index (χ1v) is 5.42. The Kier molecular flexibility index (Phi) is 5.06. The van der Waals surface area contributed by atoms with Crippen molar-refractivity contribution in [3.8, 4) is 0 Å². The number of hydrogen-bond donors (Lipinski definition) is 3. The predicted molar refractivity (Wildman–Crippen MR) is 64.9 cm³/mol. The minimum absolute atomic E-state index is 0.0995. The molecule has 0 atom stereocenters. The fourth-order valence-electron chi connectivity index (χ4n) is 1.45. The third kappa shape index (κ3) is 3.70. The lowest BCUT2D eigenvalue weighted by molar-refractivity contribution is -0.385. The van der Waals surface area contributed by atoms with Gasteiger partial charge in [0.05, 0.1) is 4.92 Å². The molecule has 0 aliphatic heterocycles. The second kappa shape index (κ2) is 6.55. The lowest BCUT2D eigenvalue weighted by Crippen LogP contribution is -2.06. The number of aliphatic hydroxyl groups excluding tert-OH is 1. The van der Waals surface area contributed by atoms with E-state index in [1.807, 2.05) is 0 Å². The molecule has 1 aromatic carbocycles. The molecule has 0 radical (unpaired) electrons. The van der Waals surface area contributed by atoms with Crippen molar-refractivity contribution in [1.82, 2.24) is 0 Å². The molecule has 0 fully saturated rings. The molecule has 0 saturated heterocycles. The van der Waals surface area contributed by atoms with Gasteiger partial charge in [-0.15, -0.1) is 0 Å². The number of hydrogen-bond acceptors (Lipinski definition) is 5. The van der Waals surface area contributed by atoms with Crippen molar-refractivity contribution in [2.24, 2.45) is 0 Å². The van der Waals surface area contributed by atoms with Gasteiger partial charge in [0.1, 0.15) is 5.56 Å². The van der Waals surface area contributed by atoms with Crippen LogP contribution in [0.5, 0.6) is 0 Å². The van der Waals surface area contributed by atoms with E-state index in [0.29, 0.717) is 18.7 Å². The topological polar surface area (TPSA) is 113 Å². The van der Waals surface area contributed by atoms with Crippen molar-refractivity contribution < 1.29 is 19.9 Å². The van der Waals surface area contributed by atoms with Crippen LogP contribution in [-0.4, -0.2) is 34.3 Å². The summed E-state index contributed by atoms with van der Waals surface area (Å²) in [5, 5.41) is 31.1. The number of nitro benzene ring substituents is 1. The van der Waals surface area contributed by atoms with Crippen LogP contribution >= 0.6 is 0 Å². The number of aliphatic hydroxyl groups is 1. The predicted octanol–water partition coefficient (Wildman–Crippen LogP) is 1.48. The van der Waals surface area contributed by atoms with E-state index in [9.17, 15) is 14.9 Å². The maximum absolute atomic E-state index is 10.9. The van der Waals surface area contributed by atoms with Crippen molar-refractivity contribution >= 4 is 17.3 Å². The minimum Gasteiger partial charge on any atom is -0.477 e. The number of anilines is 1. The van der Waals surface area contributed by atoms with E-state index in [4.69, 9.17) is 10.2 Å². The molecule has 3 N–H and O–H groups in total. The summed E-state index contributed by atoms with van der Waals surface area (Å²) in [5.74, 6) is -1.33. The molecule has 7 heteroatoms. The number of nitro groups is 1. The van der Waals surface area contributed by atoms with Crippen LogP contribution in [0.3, 0.4) is 0 Å². The van der Waals surface area contributed by atoms with Crippen molar-refractivity contribution in [2.75, 3.05) is 18.5 Å². The smallest absolute Gasteiger partial charge is 0.342 e. The number of unbranched alkanes of at least 4 members (excludes halogenated alkanes) is 1. The molecule has 0 bridgehead atoms. The Labute approximate surface area is 103 Å². The zero-order valence-corrected chi connectivity index (χ0v) is 9.63. The summed E-state index contributed by atoms with van der Waals surface area (Å²) in [5.41, 5.74) is -0.258. The van der Waals surface area contributed by atoms with Gasteiger partial charge in [0.15, 0.2) is 0 Å². The van der Waals surface area contributed by atoms with Crippen LogP contribution in [0.15, 0.2) is 18.2 Å². The highest BCUT2D eigenvalue weighted by Crippen LogP contribution is 2.22. The summed E-state index contributed by atoms with van der Waals surface area (Å²) in [6.07, 6.45) is 1.38. The van der Waals surface area contributed by atoms with Crippen LogP contribution in [0.1, 0.15) is 23.2 Å². The Morgan fingerprint density at radius 2 is 2.11 bits per heavy atom. The van der Waals surface area contributed by atoms with Gasteiger partial charge in [0.2, 0.25) is 0 Å². The number of carboxylic acids is 1. The maximum atomic E-state index is 10.9. The number of carbonyl (C=O) groups is 1. The van der Waals surface area contributed by atoms with Gasteiger partial charge in [-0.05, 0) is 25.0 Å². The van der Waals surface area contributed by atoms with E-state index in [-0.39, 0.29) is 12.2 Å². The quantitative estimate of drug-likeness (QED) is 0.386. The van der Waals surface area contributed by atoms with Crippen LogP contribution in [0, 0.1) is 10.1 Å². The zero-order valence-electron chi connectivity index (χ0n) is 9.63. The standard InChI is InChI=1S/C11H14N2O5/c14-6-2-1-5-12-8-3-4-10(13(17)18)9(7-8)11(15)16/h3-4,7,12,14H,1-2,5-6H2,(H,15,16). The first-order valence-electron chi connectivity index (χ1n) is 5.42. The Hall–Kier alpha value is -2.15. The third-order valence-electron chi connectivity index (χ3n) is 2.34. The molecule has 0 unspecified atom stereocenters. The van der Waals surface area contributed by atoms with Crippen LogP contribution < -0.4 is 5.32 Å². The molecule has 0 aliphatic carbocycles. The van der Waals surface area contributed by atoms with Gasteiger partial charge in [-0.3, -0.25) is 10.1 Å². The van der Waals surface area contributed by atoms with Crippen molar-refractivity contribution in [3.63, 3.8) is 0 Å². The monoisotopic (exact) mass is 254 g/mol. The summed E-state index contributed by atoms with van der Waals surface area (Å²) in [4.78, 5) is 20.8. The van der Waals surface area contributed by atoms with Gasteiger partial charge in [0.25, 0.3) is 5.69 Å². The highest BCUT2D eigenvalue weighted by molar-refractivity contribution is 5.93. The Morgan fingerprint density at radius 3 is 2.67 bits per heavy atom. The van der Waals surface area contributed by atoms with E-state index in [2.05, 4.69) is 5.32 Å². The Bertz CT molecular complexity index is 447. The van der Waals surface area contributed by atoms with Crippen LogP contribution in [0.25, 0.3) is 0 Å². The largest absolute Gasteiger partial charge is 0.477 e. The molecule has 1 rings (SSSR count). The number of carboxylic acid groups (broad SMARTS) is 1. The molecule has 0 saturated carbocycles. The molecule has 0 aromatic heterocycles. The second-order valence-electron chi connectivity index (χ2n) is 3.65. The van der Waals surface area contributed by atoms with Gasteiger partial charge in [0, 0.05) is 24.9 Å². The SMILES string of the molecule is O=C(O)c1cc(NCCCCO)ccc1[N+](=O)[O-]. The summed E-state index contributed by atoms with van der Waals surface area (Å²) >= 11 is 0. The van der Waals surface area contributed by atoms with Crippen molar-refractivity contribution in [1.29, 1.82) is 0 Å². The van der Waals surface area contributed by atoms with E-state index >= 15 is 0 Å². The highest BCUT2D eigenvalue weighted by Gasteiger charge is 2.19.